The van der Waals surface area contributed by atoms with Gasteiger partial charge in [-0.25, -0.2) is 14.7 Å². The number of aromatic nitrogens is 1. The Bertz CT molecular complexity index is 843. The molecule has 0 bridgehead atoms. The molecule has 0 N–H and O–H groups in total. The molecular weight excluding hydrogens is 346 g/mol. The number of para-hydroxylation sites is 1. The van der Waals surface area contributed by atoms with Gasteiger partial charge in [-0.15, -0.1) is 0 Å². The van der Waals surface area contributed by atoms with Crippen molar-refractivity contribution in [3.63, 3.8) is 0 Å². The molecule has 27 heavy (non-hydrogen) atoms. The number of amides is 3. The lowest BCUT2D eigenvalue weighted by molar-refractivity contribution is -0.132. The molecule has 2 heterocycles. The van der Waals surface area contributed by atoms with Gasteiger partial charge >= 0.3 is 6.09 Å². The maximum atomic E-state index is 12.3. The topological polar surface area (TPSA) is 79.8 Å². The maximum absolute atomic E-state index is 12.3. The smallest absolute Gasteiger partial charge is 0.391 e. The maximum Gasteiger partial charge on any atom is 0.420 e. The molecule has 1 saturated heterocycles. The molecule has 0 aliphatic carbocycles. The molecule has 3 amide bonds. The fourth-order valence-corrected chi connectivity index (χ4v) is 2.95. The first-order valence-electron chi connectivity index (χ1n) is 8.59. The number of anilines is 2. The van der Waals surface area contributed by atoms with Crippen molar-refractivity contribution in [1.29, 1.82) is 0 Å². The van der Waals surface area contributed by atoms with E-state index in [1.165, 1.54) is 17.2 Å². The summed E-state index contributed by atoms with van der Waals surface area (Å²) >= 11 is 0. The van der Waals surface area contributed by atoms with Crippen LogP contribution in [0.15, 0.2) is 48.7 Å². The summed E-state index contributed by atoms with van der Waals surface area (Å²) in [5.74, 6) is -0.429. The van der Waals surface area contributed by atoms with E-state index >= 15 is 0 Å². The number of ether oxygens (including phenoxy) is 1. The van der Waals surface area contributed by atoms with Crippen molar-refractivity contribution in [3.8, 4) is 5.88 Å². The third kappa shape index (κ3) is 4.13. The van der Waals surface area contributed by atoms with E-state index in [1.54, 1.807) is 25.2 Å². The molecule has 7 heteroatoms. The number of imide groups is 1. The van der Waals surface area contributed by atoms with Gasteiger partial charge in [0.05, 0.1) is 11.9 Å². The van der Waals surface area contributed by atoms with Crippen molar-refractivity contribution in [1.82, 2.24) is 4.98 Å². The van der Waals surface area contributed by atoms with Crippen LogP contribution in [0.5, 0.6) is 5.88 Å². The molecule has 0 unspecified atom stereocenters. The van der Waals surface area contributed by atoms with Crippen LogP contribution in [0.4, 0.5) is 16.2 Å². The summed E-state index contributed by atoms with van der Waals surface area (Å²) in [6.45, 7) is 3.79. The Morgan fingerprint density at radius 2 is 1.70 bits per heavy atom. The standard InChI is InChI=1S/C20H21N3O4/c1-20(2)11-17(24)23(18(25)12-20)15-9-10-16(21-13-15)27-19(26)22(3)14-7-5-4-6-8-14/h4-10,13H,11-12H2,1-3H3. The molecule has 0 atom stereocenters. The summed E-state index contributed by atoms with van der Waals surface area (Å²) < 4.78 is 5.25. The number of rotatable bonds is 3. The molecule has 140 valence electrons. The predicted molar refractivity (Wildman–Crippen MR) is 101 cm³/mol. The number of carbonyl (C=O) groups excluding carboxylic acids is 3. The normalized spacial score (nSPS) is 16.2. The first-order valence-corrected chi connectivity index (χ1v) is 8.59. The molecule has 1 aliphatic heterocycles. The van der Waals surface area contributed by atoms with E-state index in [2.05, 4.69) is 4.98 Å². The zero-order valence-corrected chi connectivity index (χ0v) is 15.5. The van der Waals surface area contributed by atoms with Crippen molar-refractivity contribution < 1.29 is 19.1 Å². The minimum absolute atomic E-state index is 0.0868. The average molecular weight is 367 g/mol. The number of piperidine rings is 1. The summed E-state index contributed by atoms with van der Waals surface area (Å²) in [6, 6.07) is 12.1. The number of benzene rings is 1. The van der Waals surface area contributed by atoms with Gasteiger partial charge in [0.1, 0.15) is 0 Å². The number of carbonyl (C=O) groups is 3. The van der Waals surface area contributed by atoms with Crippen molar-refractivity contribution in [2.75, 3.05) is 16.8 Å². The molecule has 0 radical (unpaired) electrons. The Kier molecular flexibility index (Phi) is 4.94. The van der Waals surface area contributed by atoms with Crippen molar-refractivity contribution in [2.45, 2.75) is 26.7 Å². The molecule has 2 aromatic rings. The highest BCUT2D eigenvalue weighted by Crippen LogP contribution is 2.34. The van der Waals surface area contributed by atoms with Crippen LogP contribution in [0.3, 0.4) is 0 Å². The van der Waals surface area contributed by atoms with Crippen LogP contribution in [0.2, 0.25) is 0 Å². The minimum Gasteiger partial charge on any atom is -0.391 e. The van der Waals surface area contributed by atoms with E-state index in [-0.39, 0.29) is 36.0 Å². The van der Waals surface area contributed by atoms with Gasteiger partial charge in [-0.1, -0.05) is 32.0 Å². The summed E-state index contributed by atoms with van der Waals surface area (Å²) in [6.07, 6.45) is 1.35. The highest BCUT2D eigenvalue weighted by Gasteiger charge is 2.38. The number of hydrogen-bond acceptors (Lipinski definition) is 5. The van der Waals surface area contributed by atoms with Gasteiger partial charge in [-0.2, -0.15) is 0 Å². The molecule has 7 nitrogen and oxygen atoms in total. The van der Waals surface area contributed by atoms with Gasteiger partial charge in [0.2, 0.25) is 17.7 Å². The van der Waals surface area contributed by atoms with Crippen molar-refractivity contribution in [2.24, 2.45) is 5.41 Å². The van der Waals surface area contributed by atoms with Gasteiger partial charge < -0.3 is 4.74 Å². The largest absolute Gasteiger partial charge is 0.420 e. The van der Waals surface area contributed by atoms with Gasteiger partial charge in [0, 0.05) is 31.6 Å². The highest BCUT2D eigenvalue weighted by atomic mass is 16.6. The second kappa shape index (κ2) is 7.19. The molecule has 3 rings (SSSR count). The lowest BCUT2D eigenvalue weighted by atomic mass is 9.81. The summed E-state index contributed by atoms with van der Waals surface area (Å²) in [5.41, 5.74) is 0.721. The second-order valence-electron chi connectivity index (χ2n) is 7.26. The molecule has 1 fully saturated rings. The fraction of sp³-hybridized carbons (Fsp3) is 0.300. The number of pyridine rings is 1. The molecule has 1 aromatic heterocycles. The van der Waals surface area contributed by atoms with Crippen LogP contribution >= 0.6 is 0 Å². The Hall–Kier alpha value is -3.22. The van der Waals surface area contributed by atoms with Crippen LogP contribution in [0, 0.1) is 5.41 Å². The van der Waals surface area contributed by atoms with E-state index in [4.69, 9.17) is 4.74 Å². The quantitative estimate of drug-likeness (QED) is 0.777. The number of nitrogens with zero attached hydrogens (tertiary/aromatic N) is 3. The Balaban J connectivity index is 1.70. The van der Waals surface area contributed by atoms with Crippen LogP contribution in [-0.4, -0.2) is 29.9 Å². The summed E-state index contributed by atoms with van der Waals surface area (Å²) in [4.78, 5) is 43.4. The van der Waals surface area contributed by atoms with E-state index in [1.807, 2.05) is 32.0 Å². The summed E-state index contributed by atoms with van der Waals surface area (Å²) in [5, 5.41) is 0. The van der Waals surface area contributed by atoms with E-state index in [9.17, 15) is 14.4 Å². The lowest BCUT2D eigenvalue weighted by Crippen LogP contribution is -2.46. The fourth-order valence-electron chi connectivity index (χ4n) is 2.95. The Morgan fingerprint density at radius 1 is 1.07 bits per heavy atom. The highest BCUT2D eigenvalue weighted by molar-refractivity contribution is 6.16. The third-order valence-electron chi connectivity index (χ3n) is 4.35. The van der Waals surface area contributed by atoms with Gasteiger partial charge in [0.15, 0.2) is 0 Å². The van der Waals surface area contributed by atoms with Crippen LogP contribution in [-0.2, 0) is 9.59 Å². The molecular formula is C20H21N3O4. The molecule has 1 aliphatic rings. The van der Waals surface area contributed by atoms with E-state index in [0.29, 0.717) is 11.4 Å². The molecule has 0 saturated carbocycles. The third-order valence-corrected chi connectivity index (χ3v) is 4.35. The summed E-state index contributed by atoms with van der Waals surface area (Å²) in [7, 11) is 1.60. The van der Waals surface area contributed by atoms with Crippen LogP contribution < -0.4 is 14.5 Å². The molecule has 1 aromatic carbocycles. The second-order valence-corrected chi connectivity index (χ2v) is 7.26. The lowest BCUT2D eigenvalue weighted by Gasteiger charge is -2.34. The molecule has 0 spiro atoms. The van der Waals surface area contributed by atoms with E-state index in [0.717, 1.165) is 4.90 Å². The van der Waals surface area contributed by atoms with E-state index < -0.39 is 6.09 Å². The predicted octanol–water partition coefficient (Wildman–Crippen LogP) is 3.40. The average Bonchev–Trinajstić information content (AvgIpc) is 2.61. The van der Waals surface area contributed by atoms with Crippen LogP contribution in [0.25, 0.3) is 0 Å². The van der Waals surface area contributed by atoms with Gasteiger partial charge in [-0.05, 0) is 23.6 Å². The van der Waals surface area contributed by atoms with Crippen molar-refractivity contribution in [3.05, 3.63) is 48.7 Å². The zero-order valence-electron chi connectivity index (χ0n) is 15.5. The van der Waals surface area contributed by atoms with Gasteiger partial charge in [-0.3, -0.25) is 14.5 Å². The Morgan fingerprint density at radius 3 is 2.26 bits per heavy atom. The van der Waals surface area contributed by atoms with Crippen LogP contribution in [0.1, 0.15) is 26.7 Å². The van der Waals surface area contributed by atoms with Gasteiger partial charge in [0.25, 0.3) is 0 Å². The Labute approximate surface area is 157 Å². The van der Waals surface area contributed by atoms with Crippen molar-refractivity contribution >= 4 is 29.3 Å². The zero-order chi connectivity index (χ0) is 19.6. The monoisotopic (exact) mass is 367 g/mol. The SMILES string of the molecule is CN(C(=O)Oc1ccc(N2C(=O)CC(C)(C)CC2=O)cn1)c1ccccc1. The first-order chi connectivity index (χ1) is 12.8. The number of hydrogen-bond donors (Lipinski definition) is 0. The minimum atomic E-state index is -0.590. The first kappa shape index (κ1) is 18.6.